The van der Waals surface area contributed by atoms with Crippen LogP contribution in [-0.2, 0) is 12.2 Å². The Morgan fingerprint density at radius 1 is 1.26 bits per heavy atom. The molecule has 0 spiro atoms. The number of alkyl halides is 2. The molecule has 1 saturated carbocycles. The minimum absolute atomic E-state index is 0.203. The molecule has 1 aliphatic carbocycles. The van der Waals surface area contributed by atoms with Gasteiger partial charge >= 0.3 is 0 Å². The van der Waals surface area contributed by atoms with Gasteiger partial charge in [-0.1, -0.05) is 23.4 Å². The largest absolute Gasteiger partial charge is 0.303 e. The molecule has 27 heavy (non-hydrogen) atoms. The predicted octanol–water partition coefficient (Wildman–Crippen LogP) is 3.08. The van der Waals surface area contributed by atoms with E-state index in [2.05, 4.69) is 20.3 Å². The van der Waals surface area contributed by atoms with Crippen molar-refractivity contribution in [1.29, 1.82) is 0 Å². The molecule has 0 radical (unpaired) electrons. The van der Waals surface area contributed by atoms with Crippen molar-refractivity contribution in [2.24, 2.45) is 0 Å². The van der Waals surface area contributed by atoms with Gasteiger partial charge in [-0.2, -0.15) is 0 Å². The summed E-state index contributed by atoms with van der Waals surface area (Å²) < 4.78 is 44.8. The van der Waals surface area contributed by atoms with Crippen molar-refractivity contribution in [3.63, 3.8) is 0 Å². The number of fused-ring (bicyclic) bond motifs is 1. The molecule has 6 nitrogen and oxygen atoms in total. The van der Waals surface area contributed by atoms with Gasteiger partial charge in [0.2, 0.25) is 5.79 Å². The van der Waals surface area contributed by atoms with Gasteiger partial charge in [0.15, 0.2) is 11.8 Å². The molecule has 2 atom stereocenters. The van der Waals surface area contributed by atoms with Gasteiger partial charge in [0.25, 0.3) is 0 Å². The Kier molecular flexibility index (Phi) is 3.33. The molecule has 136 valence electrons. The van der Waals surface area contributed by atoms with Crippen LogP contribution in [0.3, 0.4) is 0 Å². The molecule has 0 amide bonds. The minimum atomic E-state index is -2.19. The van der Waals surface area contributed by atoms with Gasteiger partial charge in [0.1, 0.15) is 17.2 Å². The van der Waals surface area contributed by atoms with Crippen molar-refractivity contribution in [1.82, 2.24) is 29.4 Å². The number of hydrogen-bond acceptors (Lipinski definition) is 4. The van der Waals surface area contributed by atoms with E-state index in [9.17, 15) is 13.2 Å². The third kappa shape index (κ3) is 2.49. The predicted molar refractivity (Wildman–Crippen MR) is 89.8 cm³/mol. The summed E-state index contributed by atoms with van der Waals surface area (Å²) in [7, 11) is 0. The van der Waals surface area contributed by atoms with E-state index in [0.29, 0.717) is 22.6 Å². The summed E-state index contributed by atoms with van der Waals surface area (Å²) in [6.45, 7) is 0. The summed E-state index contributed by atoms with van der Waals surface area (Å²) >= 11 is 0. The first kappa shape index (κ1) is 16.0. The average Bonchev–Trinajstić information content (AvgIpc) is 3.08. The molecular weight excluding hydrogens is 357 g/mol. The molecule has 0 N–H and O–H groups in total. The molecule has 3 heterocycles. The topological polar surface area (TPSA) is 60.9 Å². The highest BCUT2D eigenvalue weighted by Crippen LogP contribution is 2.49. The molecule has 0 saturated heterocycles. The third-order valence-electron chi connectivity index (χ3n) is 4.71. The Labute approximate surface area is 151 Å². The first-order chi connectivity index (χ1) is 13.1. The molecule has 3 aromatic heterocycles. The molecule has 0 bridgehead atoms. The van der Waals surface area contributed by atoms with E-state index in [1.54, 1.807) is 41.2 Å². The van der Waals surface area contributed by atoms with Gasteiger partial charge < -0.3 is 4.40 Å². The van der Waals surface area contributed by atoms with Crippen LogP contribution in [0, 0.1) is 5.82 Å². The summed E-state index contributed by atoms with van der Waals surface area (Å²) in [4.78, 5) is 8.81. The fraction of sp³-hybridized carbons (Fsp3) is 0.222. The van der Waals surface area contributed by atoms with Crippen LogP contribution in [0.25, 0.3) is 17.0 Å². The number of imidazole rings is 1. The van der Waals surface area contributed by atoms with Crippen molar-refractivity contribution in [2.75, 3.05) is 0 Å². The van der Waals surface area contributed by atoms with E-state index in [-0.39, 0.29) is 24.4 Å². The summed E-state index contributed by atoms with van der Waals surface area (Å²) in [6, 6.07) is 6.40. The fourth-order valence-corrected chi connectivity index (χ4v) is 3.16. The van der Waals surface area contributed by atoms with Crippen molar-refractivity contribution in [2.45, 2.75) is 24.8 Å². The van der Waals surface area contributed by atoms with Crippen LogP contribution in [-0.4, -0.2) is 35.5 Å². The van der Waals surface area contributed by atoms with Crippen LogP contribution >= 0.6 is 0 Å². The Morgan fingerprint density at radius 2 is 2.07 bits per heavy atom. The smallest absolute Gasteiger partial charge is 0.238 e. The maximum absolute atomic E-state index is 14.5. The SMILES string of the molecule is Fc1ccccc1Cc1nc(-c2cnnn2C2(F)CC2F)cn2ccnc12. The number of hydrogen-bond donors (Lipinski definition) is 0. The highest BCUT2D eigenvalue weighted by Gasteiger charge is 2.60. The van der Waals surface area contributed by atoms with E-state index in [0.717, 1.165) is 4.68 Å². The highest BCUT2D eigenvalue weighted by molar-refractivity contribution is 5.58. The molecule has 1 fully saturated rings. The molecule has 1 aliphatic rings. The second kappa shape index (κ2) is 5.63. The van der Waals surface area contributed by atoms with Crippen molar-refractivity contribution in [3.05, 3.63) is 66.1 Å². The van der Waals surface area contributed by atoms with E-state index >= 15 is 0 Å². The van der Waals surface area contributed by atoms with Gasteiger partial charge in [-0.05, 0) is 11.6 Å². The molecule has 1 aromatic carbocycles. The fourth-order valence-electron chi connectivity index (χ4n) is 3.16. The lowest BCUT2D eigenvalue weighted by atomic mass is 10.1. The van der Waals surface area contributed by atoms with Crippen LogP contribution in [0.4, 0.5) is 13.2 Å². The Morgan fingerprint density at radius 3 is 2.85 bits per heavy atom. The van der Waals surface area contributed by atoms with Crippen LogP contribution in [0.1, 0.15) is 17.7 Å². The molecule has 4 aromatic rings. The first-order valence-corrected chi connectivity index (χ1v) is 8.37. The zero-order valence-corrected chi connectivity index (χ0v) is 13.9. The average molecular weight is 370 g/mol. The van der Waals surface area contributed by atoms with Crippen molar-refractivity contribution >= 4 is 5.65 Å². The van der Waals surface area contributed by atoms with E-state index in [1.165, 1.54) is 12.3 Å². The van der Waals surface area contributed by atoms with Gasteiger partial charge in [0, 0.05) is 31.4 Å². The third-order valence-corrected chi connectivity index (χ3v) is 4.71. The monoisotopic (exact) mass is 370 g/mol. The van der Waals surface area contributed by atoms with Crippen LogP contribution in [0.5, 0.6) is 0 Å². The van der Waals surface area contributed by atoms with Crippen molar-refractivity contribution < 1.29 is 13.2 Å². The maximum Gasteiger partial charge on any atom is 0.238 e. The number of aromatic nitrogens is 6. The second-order valence-electron chi connectivity index (χ2n) is 6.52. The maximum atomic E-state index is 14.5. The zero-order chi connectivity index (χ0) is 18.6. The van der Waals surface area contributed by atoms with Gasteiger partial charge in [-0.15, -0.1) is 5.10 Å². The Bertz CT molecular complexity index is 1150. The summed E-state index contributed by atoms with van der Waals surface area (Å²) in [5, 5.41) is 7.42. The van der Waals surface area contributed by atoms with Gasteiger partial charge in [0.05, 0.1) is 11.9 Å². The zero-order valence-electron chi connectivity index (χ0n) is 13.9. The van der Waals surface area contributed by atoms with Crippen LogP contribution in [0.2, 0.25) is 0 Å². The van der Waals surface area contributed by atoms with Gasteiger partial charge in [-0.25, -0.2) is 27.8 Å². The molecular formula is C18H13F3N6. The van der Waals surface area contributed by atoms with E-state index in [4.69, 9.17) is 0 Å². The minimum Gasteiger partial charge on any atom is -0.303 e. The van der Waals surface area contributed by atoms with Crippen LogP contribution < -0.4 is 0 Å². The number of benzene rings is 1. The normalized spacial score (nSPS) is 21.7. The second-order valence-corrected chi connectivity index (χ2v) is 6.52. The number of halogens is 3. The van der Waals surface area contributed by atoms with E-state index in [1.807, 2.05) is 0 Å². The number of rotatable bonds is 4. The van der Waals surface area contributed by atoms with Gasteiger partial charge in [-0.3, -0.25) is 0 Å². The lowest BCUT2D eigenvalue weighted by Gasteiger charge is -2.11. The standard InChI is InChI=1S/C18H13F3N6/c19-12-4-2-1-3-11(12)7-13-17-22-5-6-26(17)10-14(24-13)15-9-23-25-27(15)18(21)8-16(18)20/h1-6,9-10,16H,7-8H2. The molecule has 2 unspecified atom stereocenters. The summed E-state index contributed by atoms with van der Waals surface area (Å²) in [5.41, 5.74) is 2.14. The number of nitrogens with zero attached hydrogens (tertiary/aromatic N) is 6. The Hall–Kier alpha value is -3.23. The van der Waals surface area contributed by atoms with Crippen LogP contribution in [0.15, 0.2) is 49.1 Å². The Balaban J connectivity index is 1.64. The lowest BCUT2D eigenvalue weighted by molar-refractivity contribution is 0.145. The first-order valence-electron chi connectivity index (χ1n) is 8.37. The van der Waals surface area contributed by atoms with Crippen molar-refractivity contribution in [3.8, 4) is 11.4 Å². The summed E-state index contributed by atoms with van der Waals surface area (Å²) in [5.74, 6) is -2.54. The highest BCUT2D eigenvalue weighted by atomic mass is 19.2. The molecule has 9 heteroatoms. The lowest BCUT2D eigenvalue weighted by Crippen LogP contribution is -2.18. The molecule has 0 aliphatic heterocycles. The quantitative estimate of drug-likeness (QED) is 0.554. The molecule has 5 rings (SSSR count). The summed E-state index contributed by atoms with van der Waals surface area (Å²) in [6.07, 6.45) is 4.60. The van der Waals surface area contributed by atoms with E-state index < -0.39 is 12.0 Å².